The quantitative estimate of drug-likeness (QED) is 0.858. The number of nitrogens with one attached hydrogen (secondary N) is 1. The highest BCUT2D eigenvalue weighted by atomic mass is 79.9. The predicted molar refractivity (Wildman–Crippen MR) is 63.0 cm³/mol. The molecule has 0 atom stereocenters. The third-order valence-electron chi connectivity index (χ3n) is 2.82. The molecule has 1 aliphatic rings. The molecule has 0 radical (unpaired) electrons. The highest BCUT2D eigenvalue weighted by molar-refractivity contribution is 9.10. The van der Waals surface area contributed by atoms with E-state index in [1.807, 2.05) is 6.07 Å². The van der Waals surface area contributed by atoms with E-state index in [1.54, 1.807) is 6.92 Å². The summed E-state index contributed by atoms with van der Waals surface area (Å²) < 4.78 is 0.944. The van der Waals surface area contributed by atoms with Gasteiger partial charge in [0.15, 0.2) is 5.78 Å². The minimum Gasteiger partial charge on any atom is -0.347 e. The van der Waals surface area contributed by atoms with Gasteiger partial charge in [0.1, 0.15) is 0 Å². The summed E-state index contributed by atoms with van der Waals surface area (Å²) in [7, 11) is 0. The Morgan fingerprint density at radius 3 is 2.73 bits per heavy atom. The summed E-state index contributed by atoms with van der Waals surface area (Å²) >= 11 is 3.46. The number of ketones is 1. The summed E-state index contributed by atoms with van der Waals surface area (Å²) in [6.45, 7) is 4.86. The van der Waals surface area contributed by atoms with E-state index in [4.69, 9.17) is 0 Å². The van der Waals surface area contributed by atoms with E-state index in [-0.39, 0.29) is 5.78 Å². The molecule has 0 spiro atoms. The van der Waals surface area contributed by atoms with Crippen molar-refractivity contribution in [3.63, 3.8) is 0 Å². The van der Waals surface area contributed by atoms with E-state index in [1.165, 1.54) is 31.5 Å². The van der Waals surface area contributed by atoms with Crippen molar-refractivity contribution in [1.29, 1.82) is 0 Å². The third-order valence-corrected chi connectivity index (χ3v) is 3.52. The van der Waals surface area contributed by atoms with Crippen LogP contribution in [0.1, 0.15) is 35.8 Å². The molecule has 0 aromatic carbocycles. The molecule has 0 aliphatic carbocycles. The fourth-order valence-electron chi connectivity index (χ4n) is 1.96. The van der Waals surface area contributed by atoms with Crippen molar-refractivity contribution in [1.82, 2.24) is 9.88 Å². The maximum atomic E-state index is 11.2. The number of nitrogens with zero attached hydrogens (tertiary/aromatic N) is 1. The smallest absolute Gasteiger partial charge is 0.175 e. The number of rotatable bonds is 3. The van der Waals surface area contributed by atoms with Crippen LogP contribution in [0.5, 0.6) is 0 Å². The van der Waals surface area contributed by atoms with Crippen molar-refractivity contribution in [3.8, 4) is 0 Å². The molecule has 0 amide bonds. The summed E-state index contributed by atoms with van der Waals surface area (Å²) in [5.74, 6) is 0.0865. The van der Waals surface area contributed by atoms with E-state index >= 15 is 0 Å². The Balaban J connectivity index is 2.10. The van der Waals surface area contributed by atoms with Crippen LogP contribution in [-0.2, 0) is 6.54 Å². The second-order valence-corrected chi connectivity index (χ2v) is 4.85. The lowest BCUT2D eigenvalue weighted by atomic mass is 10.2. The average molecular weight is 271 g/mol. The summed E-state index contributed by atoms with van der Waals surface area (Å²) in [5, 5.41) is 0. The van der Waals surface area contributed by atoms with Gasteiger partial charge in [0.05, 0.1) is 10.3 Å². The van der Waals surface area contributed by atoms with Crippen LogP contribution in [0.2, 0.25) is 0 Å². The molecule has 2 heterocycles. The second-order valence-electron chi connectivity index (χ2n) is 4.06. The SMILES string of the molecule is CC(=O)c1cc(CN2CCCC2)c(Br)[nH]1. The van der Waals surface area contributed by atoms with Crippen molar-refractivity contribution < 1.29 is 4.79 Å². The van der Waals surface area contributed by atoms with Crippen LogP contribution in [0.3, 0.4) is 0 Å². The highest BCUT2D eigenvalue weighted by Gasteiger charge is 2.15. The van der Waals surface area contributed by atoms with Gasteiger partial charge < -0.3 is 4.98 Å². The molecule has 1 saturated heterocycles. The molecule has 0 bridgehead atoms. The van der Waals surface area contributed by atoms with Crippen molar-refractivity contribution in [2.24, 2.45) is 0 Å². The van der Waals surface area contributed by atoms with Crippen molar-refractivity contribution in [2.45, 2.75) is 26.3 Å². The average Bonchev–Trinajstić information content (AvgIpc) is 2.77. The molecular weight excluding hydrogens is 256 g/mol. The maximum Gasteiger partial charge on any atom is 0.175 e. The van der Waals surface area contributed by atoms with E-state index in [0.29, 0.717) is 5.69 Å². The first-order chi connectivity index (χ1) is 7.16. The van der Waals surface area contributed by atoms with Crippen molar-refractivity contribution >= 4 is 21.7 Å². The zero-order valence-corrected chi connectivity index (χ0v) is 10.4. The van der Waals surface area contributed by atoms with Gasteiger partial charge in [-0.2, -0.15) is 0 Å². The number of hydrogen-bond acceptors (Lipinski definition) is 2. The normalized spacial score (nSPS) is 17.2. The minimum atomic E-state index is 0.0865. The molecular formula is C11H15BrN2O. The molecule has 0 saturated carbocycles. The lowest BCUT2D eigenvalue weighted by Crippen LogP contribution is -2.18. The van der Waals surface area contributed by atoms with Crippen LogP contribution in [0.4, 0.5) is 0 Å². The fourth-order valence-corrected chi connectivity index (χ4v) is 2.41. The molecule has 1 aromatic heterocycles. The summed E-state index contributed by atoms with van der Waals surface area (Å²) in [5.41, 5.74) is 1.87. The first kappa shape index (κ1) is 10.9. The molecule has 3 nitrogen and oxygen atoms in total. The Hall–Kier alpha value is -0.610. The van der Waals surface area contributed by atoms with Gasteiger partial charge in [0.25, 0.3) is 0 Å². The van der Waals surface area contributed by atoms with Crippen LogP contribution < -0.4 is 0 Å². The molecule has 4 heteroatoms. The maximum absolute atomic E-state index is 11.2. The van der Waals surface area contributed by atoms with Crippen LogP contribution in [-0.4, -0.2) is 28.8 Å². The number of carbonyl (C=O) groups excluding carboxylic acids is 1. The Morgan fingerprint density at radius 2 is 2.20 bits per heavy atom. The Bertz CT molecular complexity index is 367. The number of aromatic amines is 1. The molecule has 82 valence electrons. The molecule has 1 fully saturated rings. The number of aromatic nitrogens is 1. The number of halogens is 1. The Kier molecular flexibility index (Phi) is 3.26. The van der Waals surface area contributed by atoms with E-state index in [9.17, 15) is 4.79 Å². The first-order valence-corrected chi connectivity index (χ1v) is 6.07. The van der Waals surface area contributed by atoms with Gasteiger partial charge >= 0.3 is 0 Å². The largest absolute Gasteiger partial charge is 0.347 e. The van der Waals surface area contributed by atoms with Gasteiger partial charge in [-0.15, -0.1) is 0 Å². The lowest BCUT2D eigenvalue weighted by molar-refractivity contribution is 0.101. The Morgan fingerprint density at radius 1 is 1.53 bits per heavy atom. The number of likely N-dealkylation sites (tertiary alicyclic amines) is 1. The van der Waals surface area contributed by atoms with Crippen molar-refractivity contribution in [3.05, 3.63) is 21.9 Å². The van der Waals surface area contributed by atoms with Gasteiger partial charge in [0, 0.05) is 13.5 Å². The number of hydrogen-bond donors (Lipinski definition) is 1. The molecule has 2 rings (SSSR count). The van der Waals surface area contributed by atoms with E-state index in [2.05, 4.69) is 25.8 Å². The summed E-state index contributed by atoms with van der Waals surface area (Å²) in [4.78, 5) is 16.7. The zero-order valence-electron chi connectivity index (χ0n) is 8.85. The second kappa shape index (κ2) is 4.49. The van der Waals surface area contributed by atoms with Gasteiger partial charge in [-0.05, 0) is 53.5 Å². The molecule has 0 unspecified atom stereocenters. The minimum absolute atomic E-state index is 0.0865. The summed E-state index contributed by atoms with van der Waals surface area (Å²) in [6, 6.07) is 1.95. The van der Waals surface area contributed by atoms with Crippen molar-refractivity contribution in [2.75, 3.05) is 13.1 Å². The topological polar surface area (TPSA) is 36.1 Å². The lowest BCUT2D eigenvalue weighted by Gasteiger charge is -2.13. The first-order valence-electron chi connectivity index (χ1n) is 5.27. The highest BCUT2D eigenvalue weighted by Crippen LogP contribution is 2.21. The van der Waals surface area contributed by atoms with Crippen LogP contribution >= 0.6 is 15.9 Å². The van der Waals surface area contributed by atoms with E-state index in [0.717, 1.165) is 11.1 Å². The molecule has 1 aromatic rings. The molecule has 1 aliphatic heterocycles. The molecule has 1 N–H and O–H groups in total. The van der Waals surface area contributed by atoms with Crippen LogP contribution in [0.15, 0.2) is 10.7 Å². The van der Waals surface area contributed by atoms with Gasteiger partial charge in [0.2, 0.25) is 0 Å². The number of H-pyrrole nitrogens is 1. The summed E-state index contributed by atoms with van der Waals surface area (Å²) in [6.07, 6.45) is 2.59. The standard InChI is InChI=1S/C11H15BrN2O/c1-8(15)10-6-9(11(12)13-10)7-14-4-2-3-5-14/h6,13H,2-5,7H2,1H3. The monoisotopic (exact) mass is 270 g/mol. The van der Waals surface area contributed by atoms with Crippen LogP contribution in [0, 0.1) is 0 Å². The Labute approximate surface area is 98.0 Å². The van der Waals surface area contributed by atoms with Gasteiger partial charge in [-0.25, -0.2) is 0 Å². The predicted octanol–water partition coefficient (Wildman–Crippen LogP) is 2.58. The van der Waals surface area contributed by atoms with Gasteiger partial charge in [-0.1, -0.05) is 0 Å². The van der Waals surface area contributed by atoms with Crippen LogP contribution in [0.25, 0.3) is 0 Å². The zero-order chi connectivity index (χ0) is 10.8. The molecule has 15 heavy (non-hydrogen) atoms. The van der Waals surface area contributed by atoms with Gasteiger partial charge in [-0.3, -0.25) is 9.69 Å². The third kappa shape index (κ3) is 2.49. The van der Waals surface area contributed by atoms with E-state index < -0.39 is 0 Å². The number of carbonyl (C=O) groups is 1. The number of Topliss-reactive ketones (excluding diaryl/α,β-unsaturated/α-hetero) is 1. The fraction of sp³-hybridized carbons (Fsp3) is 0.545.